The number of rotatable bonds is 28. The predicted octanol–water partition coefficient (Wildman–Crippen LogP) is 5.45. The number of ether oxygens (including phenoxy) is 8. The van der Waals surface area contributed by atoms with Gasteiger partial charge in [0.1, 0.15) is 46.2 Å². The summed E-state index contributed by atoms with van der Waals surface area (Å²) in [5.74, 6) is -4.20. The summed E-state index contributed by atoms with van der Waals surface area (Å²) in [6.07, 6.45) is 5.45. The highest BCUT2D eigenvalue weighted by Crippen LogP contribution is 2.29. The molecule has 0 aliphatic rings. The Labute approximate surface area is 336 Å². The van der Waals surface area contributed by atoms with Gasteiger partial charge in [-0.3, -0.25) is 0 Å². The first kappa shape index (κ1) is 53.5. The lowest BCUT2D eigenvalue weighted by molar-refractivity contribution is -0.160. The molecule has 0 aliphatic heterocycles. The standard InChI is InChI=1S/C24H34O9.C18H26O6/c1-7-19(25)30-15-23(11-5,16-31-20(26)8-2)13-29-14-24(12-6,17-32-21(27)9-3)18-33-22(28)10-4;1-8-18(9-22-15(19)12(2)3,10-23-16(20)13(4)5)11-24-17(21)14(6)7/h7-10H,1-4,11-18H2,5-6H3;2,4,6,8-11H2,1,3,5,7H3. The third-order valence-corrected chi connectivity index (χ3v) is 8.39. The SMILES string of the molecule is C=C(C)C(=O)OCC(CC)(COC(=O)C(=C)C)COC(=O)C(=C)C.C=CC(=O)OCC(CC)(COCC(CC)(COC(=O)C=C)COC(=O)C=C)COC(=O)C=C. The van der Waals surface area contributed by atoms with Crippen molar-refractivity contribution >= 4 is 41.8 Å². The molecule has 0 aliphatic carbocycles. The van der Waals surface area contributed by atoms with Crippen LogP contribution in [0.25, 0.3) is 0 Å². The molecule has 0 saturated carbocycles. The second kappa shape index (κ2) is 27.9. The lowest BCUT2D eigenvalue weighted by Crippen LogP contribution is -2.42. The van der Waals surface area contributed by atoms with Crippen molar-refractivity contribution in [1.82, 2.24) is 0 Å². The third kappa shape index (κ3) is 21.9. The molecule has 0 heterocycles. The third-order valence-electron chi connectivity index (χ3n) is 8.39. The average Bonchev–Trinajstić information content (AvgIpc) is 3.21. The van der Waals surface area contributed by atoms with E-state index in [9.17, 15) is 33.6 Å². The van der Waals surface area contributed by atoms with Crippen molar-refractivity contribution in [2.45, 2.75) is 60.8 Å². The van der Waals surface area contributed by atoms with Crippen LogP contribution < -0.4 is 0 Å². The van der Waals surface area contributed by atoms with Crippen LogP contribution in [0.2, 0.25) is 0 Å². The minimum absolute atomic E-state index is 0.0326. The van der Waals surface area contributed by atoms with Gasteiger partial charge >= 0.3 is 41.8 Å². The fraction of sp³-hybridized carbons (Fsp3) is 0.500. The number of carbonyl (C=O) groups excluding carboxylic acids is 7. The van der Waals surface area contributed by atoms with Gasteiger partial charge in [-0.2, -0.15) is 0 Å². The summed E-state index contributed by atoms with van der Waals surface area (Å²) in [6.45, 7) is 33.5. The van der Waals surface area contributed by atoms with Crippen molar-refractivity contribution in [1.29, 1.82) is 0 Å². The van der Waals surface area contributed by atoms with Gasteiger partial charge in [-0.05, 0) is 40.0 Å². The molecule has 0 atom stereocenters. The van der Waals surface area contributed by atoms with E-state index < -0.39 is 58.0 Å². The van der Waals surface area contributed by atoms with Gasteiger partial charge in [0.05, 0.1) is 29.5 Å². The molecule has 0 aromatic heterocycles. The zero-order valence-electron chi connectivity index (χ0n) is 34.4. The molecule has 0 rings (SSSR count). The molecule has 15 heteroatoms. The van der Waals surface area contributed by atoms with Gasteiger partial charge < -0.3 is 37.9 Å². The predicted molar refractivity (Wildman–Crippen MR) is 211 cm³/mol. The Bertz CT molecular complexity index is 1300. The second-order valence-electron chi connectivity index (χ2n) is 13.4. The summed E-state index contributed by atoms with van der Waals surface area (Å²) >= 11 is 0. The number of hydrogen-bond donors (Lipinski definition) is 0. The lowest BCUT2D eigenvalue weighted by atomic mass is 9.86. The van der Waals surface area contributed by atoms with Crippen LogP contribution in [0.15, 0.2) is 87.1 Å². The van der Waals surface area contributed by atoms with Crippen molar-refractivity contribution in [3.8, 4) is 0 Å². The highest BCUT2D eigenvalue weighted by atomic mass is 16.6. The smallest absolute Gasteiger partial charge is 0.333 e. The molecule has 0 unspecified atom stereocenters. The Hall–Kier alpha value is -5.57. The molecule has 0 aromatic carbocycles. The molecule has 0 bridgehead atoms. The van der Waals surface area contributed by atoms with E-state index in [0.29, 0.717) is 19.3 Å². The zero-order chi connectivity index (χ0) is 44.2. The maximum Gasteiger partial charge on any atom is 0.333 e. The second-order valence-corrected chi connectivity index (χ2v) is 13.4. The van der Waals surface area contributed by atoms with Crippen molar-refractivity contribution in [2.75, 3.05) is 59.5 Å². The number of carbonyl (C=O) groups is 7. The van der Waals surface area contributed by atoms with Crippen LogP contribution in [0.5, 0.6) is 0 Å². The van der Waals surface area contributed by atoms with Crippen molar-refractivity contribution in [3.05, 3.63) is 87.1 Å². The minimum atomic E-state index is -0.860. The van der Waals surface area contributed by atoms with Crippen LogP contribution in [0.4, 0.5) is 0 Å². The van der Waals surface area contributed by atoms with Crippen molar-refractivity contribution < 1.29 is 71.5 Å². The normalized spacial score (nSPS) is 10.8. The maximum absolute atomic E-state index is 11.6. The van der Waals surface area contributed by atoms with Crippen LogP contribution in [-0.2, 0) is 71.5 Å². The molecule has 0 radical (unpaired) electrons. The molecular formula is C42H60O15. The van der Waals surface area contributed by atoms with Gasteiger partial charge in [0.2, 0.25) is 0 Å². The molecule has 0 amide bonds. The summed E-state index contributed by atoms with van der Waals surface area (Å²) in [5, 5.41) is 0. The fourth-order valence-electron chi connectivity index (χ4n) is 3.94. The van der Waals surface area contributed by atoms with Crippen LogP contribution in [0.3, 0.4) is 0 Å². The number of esters is 7. The van der Waals surface area contributed by atoms with E-state index in [4.69, 9.17) is 37.9 Å². The number of hydrogen-bond acceptors (Lipinski definition) is 15. The van der Waals surface area contributed by atoms with Gasteiger partial charge in [-0.15, -0.1) is 0 Å². The van der Waals surface area contributed by atoms with Gasteiger partial charge in [-0.1, -0.05) is 66.8 Å². The van der Waals surface area contributed by atoms with Gasteiger partial charge in [0.25, 0.3) is 0 Å². The summed E-state index contributed by atoms with van der Waals surface area (Å²) in [5.41, 5.74) is -1.83. The summed E-state index contributed by atoms with van der Waals surface area (Å²) < 4.78 is 42.3. The Morgan fingerprint density at radius 2 is 0.579 bits per heavy atom. The van der Waals surface area contributed by atoms with E-state index in [1.807, 2.05) is 20.8 Å². The van der Waals surface area contributed by atoms with Gasteiger partial charge in [-0.25, -0.2) is 33.6 Å². The van der Waals surface area contributed by atoms with Crippen LogP contribution in [0, 0.1) is 16.2 Å². The Balaban J connectivity index is 0. The summed E-state index contributed by atoms with van der Waals surface area (Å²) in [4.78, 5) is 81.2. The van der Waals surface area contributed by atoms with Gasteiger partial charge in [0.15, 0.2) is 0 Å². The Morgan fingerprint density at radius 1 is 0.386 bits per heavy atom. The molecule has 0 saturated heterocycles. The van der Waals surface area contributed by atoms with Crippen LogP contribution in [-0.4, -0.2) is 101 Å². The van der Waals surface area contributed by atoms with Gasteiger partial charge in [0, 0.05) is 41.0 Å². The Kier molecular flexibility index (Phi) is 26.2. The van der Waals surface area contributed by atoms with E-state index in [1.165, 1.54) is 20.8 Å². The van der Waals surface area contributed by atoms with Crippen LogP contribution >= 0.6 is 0 Å². The largest absolute Gasteiger partial charge is 0.462 e. The lowest BCUT2D eigenvalue weighted by Gasteiger charge is -2.35. The first-order chi connectivity index (χ1) is 26.7. The molecule has 0 fully saturated rings. The van der Waals surface area contributed by atoms with Crippen molar-refractivity contribution in [3.63, 3.8) is 0 Å². The topological polar surface area (TPSA) is 193 Å². The highest BCUT2D eigenvalue weighted by molar-refractivity contribution is 5.88. The molecular weight excluding hydrogens is 744 g/mol. The maximum atomic E-state index is 11.6. The zero-order valence-corrected chi connectivity index (χ0v) is 34.4. The molecule has 15 nitrogen and oxygen atoms in total. The monoisotopic (exact) mass is 804 g/mol. The first-order valence-electron chi connectivity index (χ1n) is 17.9. The van der Waals surface area contributed by atoms with E-state index in [1.54, 1.807) is 0 Å². The van der Waals surface area contributed by atoms with Crippen molar-refractivity contribution in [2.24, 2.45) is 16.2 Å². The van der Waals surface area contributed by atoms with E-state index >= 15 is 0 Å². The first-order valence-corrected chi connectivity index (χ1v) is 17.9. The highest BCUT2D eigenvalue weighted by Gasteiger charge is 2.37. The Morgan fingerprint density at radius 3 is 0.754 bits per heavy atom. The van der Waals surface area contributed by atoms with E-state index in [-0.39, 0.29) is 76.2 Å². The molecule has 57 heavy (non-hydrogen) atoms. The molecule has 0 aromatic rings. The van der Waals surface area contributed by atoms with Crippen LogP contribution in [0.1, 0.15) is 60.8 Å². The fourth-order valence-corrected chi connectivity index (χ4v) is 3.94. The average molecular weight is 805 g/mol. The quantitative estimate of drug-likeness (QED) is 0.0550. The minimum Gasteiger partial charge on any atom is -0.462 e. The molecule has 318 valence electrons. The molecule has 0 spiro atoms. The van der Waals surface area contributed by atoms with E-state index in [2.05, 4.69) is 46.1 Å². The summed E-state index contributed by atoms with van der Waals surface area (Å²) in [6, 6.07) is 0. The molecule has 0 N–H and O–H groups in total. The summed E-state index contributed by atoms with van der Waals surface area (Å²) in [7, 11) is 0. The van der Waals surface area contributed by atoms with E-state index in [0.717, 1.165) is 24.3 Å².